The topological polar surface area (TPSA) is 34.4 Å². The van der Waals surface area contributed by atoms with Gasteiger partial charge < -0.3 is 0 Å². The number of para-hydroxylation sites is 1. The Morgan fingerprint density at radius 3 is 1.81 bits per heavy atom. The molecule has 0 aliphatic heterocycles. The molecule has 0 fully saturated rings. The van der Waals surface area contributed by atoms with E-state index < -0.39 is 0 Å². The van der Waals surface area contributed by atoms with Gasteiger partial charge in [-0.25, -0.2) is 0 Å². The number of hydrogen-bond donors (Lipinski definition) is 0. The van der Waals surface area contributed by atoms with Gasteiger partial charge in [0.25, 0.3) is 5.56 Å². The fourth-order valence-corrected chi connectivity index (χ4v) is 4.48. The highest BCUT2D eigenvalue weighted by Gasteiger charge is 2.20. The van der Waals surface area contributed by atoms with Gasteiger partial charge in [-0.3, -0.25) is 9.20 Å². The summed E-state index contributed by atoms with van der Waals surface area (Å²) in [5.41, 5.74) is 4.82. The molecule has 0 atom stereocenters. The van der Waals surface area contributed by atoms with Crippen molar-refractivity contribution in [3.8, 4) is 22.4 Å². The minimum Gasteiger partial charge on any atom is -0.292 e. The average Bonchev–Trinajstić information content (AvgIpc) is 2.84. The summed E-state index contributed by atoms with van der Waals surface area (Å²) in [5, 5.41) is 3.19. The molecule has 0 aliphatic rings. The highest BCUT2D eigenvalue weighted by Crippen LogP contribution is 2.35. The van der Waals surface area contributed by atoms with E-state index in [-0.39, 0.29) is 5.56 Å². The van der Waals surface area contributed by atoms with Gasteiger partial charge in [-0.15, -0.1) is 0 Å². The number of hydrogen-bond acceptors (Lipinski definition) is 2. The van der Waals surface area contributed by atoms with E-state index in [4.69, 9.17) is 0 Å². The van der Waals surface area contributed by atoms with Crippen molar-refractivity contribution in [2.45, 2.75) is 0 Å². The van der Waals surface area contributed by atoms with Crippen molar-refractivity contribution in [2.75, 3.05) is 0 Å². The van der Waals surface area contributed by atoms with Crippen LogP contribution in [0.2, 0.25) is 0 Å². The average molecular weight is 398 g/mol. The quantitative estimate of drug-likeness (QED) is 0.319. The second kappa shape index (κ2) is 6.92. The largest absolute Gasteiger partial charge is 0.292 e. The summed E-state index contributed by atoms with van der Waals surface area (Å²) < 4.78 is 2.15. The Labute approximate surface area is 178 Å². The van der Waals surface area contributed by atoms with Gasteiger partial charge in [-0.1, -0.05) is 103 Å². The van der Waals surface area contributed by atoms with E-state index in [2.05, 4.69) is 45.8 Å². The number of nitrogens with zero attached hydrogens (tertiary/aromatic N) is 2. The van der Waals surface area contributed by atoms with E-state index in [1.54, 1.807) is 0 Å². The van der Waals surface area contributed by atoms with Crippen LogP contribution in [0.1, 0.15) is 0 Å². The zero-order valence-electron chi connectivity index (χ0n) is 16.7. The van der Waals surface area contributed by atoms with Crippen molar-refractivity contribution in [1.29, 1.82) is 0 Å². The summed E-state index contributed by atoms with van der Waals surface area (Å²) in [6.07, 6.45) is 0. The molecule has 0 unspecified atom stereocenters. The lowest BCUT2D eigenvalue weighted by atomic mass is 9.98. The molecule has 6 rings (SSSR count). The normalized spacial score (nSPS) is 11.4. The first-order valence-corrected chi connectivity index (χ1v) is 10.3. The lowest BCUT2D eigenvalue weighted by molar-refractivity contribution is 1.13. The van der Waals surface area contributed by atoms with Gasteiger partial charge in [0, 0.05) is 10.8 Å². The van der Waals surface area contributed by atoms with Crippen molar-refractivity contribution >= 4 is 27.3 Å². The Hall–Kier alpha value is -4.24. The Kier molecular flexibility index (Phi) is 3.93. The molecule has 0 bridgehead atoms. The molecule has 31 heavy (non-hydrogen) atoms. The van der Waals surface area contributed by atoms with Crippen LogP contribution in [0.3, 0.4) is 0 Å². The van der Waals surface area contributed by atoms with Crippen LogP contribution in [0.15, 0.2) is 114 Å². The van der Waals surface area contributed by atoms with Crippen LogP contribution in [0.4, 0.5) is 0 Å². The maximum atomic E-state index is 13.5. The molecule has 2 aromatic heterocycles. The molecule has 0 N–H and O–H groups in total. The van der Waals surface area contributed by atoms with Crippen molar-refractivity contribution in [2.24, 2.45) is 0 Å². The van der Waals surface area contributed by atoms with Crippen LogP contribution in [0.5, 0.6) is 0 Å². The van der Waals surface area contributed by atoms with Crippen LogP contribution < -0.4 is 5.56 Å². The van der Waals surface area contributed by atoms with Gasteiger partial charge in [-0.05, 0) is 22.6 Å². The van der Waals surface area contributed by atoms with Gasteiger partial charge in [-0.2, -0.15) is 4.98 Å². The molecule has 0 saturated carbocycles. The first-order chi connectivity index (χ1) is 15.3. The standard InChI is InChI=1S/C28H18N2O/c31-28-25(19-11-3-1-4-12-19)26(20-13-5-2-6-14-20)30-24-18-10-9-16-22(24)21-15-7-8-17-23(21)27(30)29-28/h1-18H. The van der Waals surface area contributed by atoms with Crippen molar-refractivity contribution in [3.05, 3.63) is 120 Å². The summed E-state index contributed by atoms with van der Waals surface area (Å²) in [4.78, 5) is 18.1. The summed E-state index contributed by atoms with van der Waals surface area (Å²) >= 11 is 0. The second-order valence-electron chi connectivity index (χ2n) is 7.59. The lowest BCUT2D eigenvalue weighted by Gasteiger charge is -2.18. The number of aromatic nitrogens is 2. The van der Waals surface area contributed by atoms with Crippen LogP contribution in [-0.4, -0.2) is 9.38 Å². The number of benzene rings is 4. The minimum atomic E-state index is -0.217. The van der Waals surface area contributed by atoms with Gasteiger partial charge in [0.05, 0.1) is 16.8 Å². The molecule has 3 heteroatoms. The molecular formula is C28H18N2O. The predicted molar refractivity (Wildman–Crippen MR) is 127 cm³/mol. The SMILES string of the molecule is O=c1nc2c3ccccc3c3ccccc3n2c(-c2ccccc2)c1-c1ccccc1. The molecule has 0 radical (unpaired) electrons. The van der Waals surface area contributed by atoms with Gasteiger partial charge in [0.15, 0.2) is 0 Å². The zero-order chi connectivity index (χ0) is 20.8. The molecule has 6 aromatic rings. The smallest absolute Gasteiger partial charge is 0.281 e. The van der Waals surface area contributed by atoms with E-state index >= 15 is 0 Å². The molecular weight excluding hydrogens is 380 g/mol. The maximum Gasteiger partial charge on any atom is 0.281 e. The third-order valence-electron chi connectivity index (χ3n) is 5.81. The molecule has 0 saturated heterocycles. The Balaban J connectivity index is 1.95. The fraction of sp³-hybridized carbons (Fsp3) is 0. The second-order valence-corrected chi connectivity index (χ2v) is 7.59. The molecule has 0 aliphatic carbocycles. The maximum absolute atomic E-state index is 13.5. The van der Waals surface area contributed by atoms with Crippen LogP contribution in [0.25, 0.3) is 49.7 Å². The summed E-state index contributed by atoms with van der Waals surface area (Å²) in [5.74, 6) is 0. The molecule has 0 amide bonds. The highest BCUT2D eigenvalue weighted by molar-refractivity contribution is 6.12. The lowest BCUT2D eigenvalue weighted by Crippen LogP contribution is -2.16. The summed E-state index contributed by atoms with van der Waals surface area (Å²) in [6.45, 7) is 0. The number of pyridine rings is 1. The molecule has 2 heterocycles. The Bertz CT molecular complexity index is 1640. The molecule has 0 spiro atoms. The Morgan fingerprint density at radius 2 is 1.10 bits per heavy atom. The summed E-state index contributed by atoms with van der Waals surface area (Å²) in [7, 11) is 0. The Morgan fingerprint density at radius 1 is 0.548 bits per heavy atom. The first-order valence-electron chi connectivity index (χ1n) is 10.3. The van der Waals surface area contributed by atoms with E-state index in [9.17, 15) is 4.79 Å². The minimum absolute atomic E-state index is 0.217. The monoisotopic (exact) mass is 398 g/mol. The highest BCUT2D eigenvalue weighted by atomic mass is 16.1. The molecule has 4 aromatic carbocycles. The van der Waals surface area contributed by atoms with Gasteiger partial charge in [0.1, 0.15) is 5.65 Å². The molecule has 3 nitrogen and oxygen atoms in total. The van der Waals surface area contributed by atoms with Gasteiger partial charge in [0.2, 0.25) is 0 Å². The van der Waals surface area contributed by atoms with Gasteiger partial charge >= 0.3 is 0 Å². The van der Waals surface area contributed by atoms with E-state index in [0.29, 0.717) is 11.2 Å². The first kappa shape index (κ1) is 17.6. The van der Waals surface area contributed by atoms with Crippen molar-refractivity contribution in [1.82, 2.24) is 9.38 Å². The predicted octanol–water partition coefficient (Wildman–Crippen LogP) is 6.33. The third kappa shape index (κ3) is 2.67. The zero-order valence-corrected chi connectivity index (χ0v) is 16.7. The van der Waals surface area contributed by atoms with Crippen molar-refractivity contribution in [3.63, 3.8) is 0 Å². The van der Waals surface area contributed by atoms with E-state index in [1.165, 1.54) is 0 Å². The van der Waals surface area contributed by atoms with Crippen LogP contribution in [0, 0.1) is 0 Å². The number of rotatable bonds is 2. The van der Waals surface area contributed by atoms with E-state index in [0.717, 1.165) is 38.5 Å². The molecule has 146 valence electrons. The summed E-state index contributed by atoms with van der Waals surface area (Å²) in [6, 6.07) is 36.4. The number of fused-ring (bicyclic) bond motifs is 6. The van der Waals surface area contributed by atoms with Crippen molar-refractivity contribution < 1.29 is 0 Å². The van der Waals surface area contributed by atoms with Crippen LogP contribution in [-0.2, 0) is 0 Å². The fourth-order valence-electron chi connectivity index (χ4n) is 4.48. The van der Waals surface area contributed by atoms with E-state index in [1.807, 2.05) is 72.8 Å². The third-order valence-corrected chi connectivity index (χ3v) is 5.81. The van der Waals surface area contributed by atoms with Crippen LogP contribution >= 0.6 is 0 Å².